The highest BCUT2D eigenvalue weighted by Crippen LogP contribution is 2.29. The number of rotatable bonds is 9. The highest BCUT2D eigenvalue weighted by molar-refractivity contribution is 6.33. The number of benzene rings is 2. The van der Waals surface area contributed by atoms with Crippen molar-refractivity contribution in [3.8, 4) is 11.5 Å². The van der Waals surface area contributed by atoms with Gasteiger partial charge in [-0.15, -0.1) is 0 Å². The molecule has 9 nitrogen and oxygen atoms in total. The molecule has 2 aliphatic rings. The molecule has 2 atom stereocenters. The lowest BCUT2D eigenvalue weighted by Crippen LogP contribution is -2.52. The maximum atomic E-state index is 12.9. The summed E-state index contributed by atoms with van der Waals surface area (Å²) in [6.07, 6.45) is 3.74. The van der Waals surface area contributed by atoms with Gasteiger partial charge in [-0.3, -0.25) is 9.69 Å². The fourth-order valence-electron chi connectivity index (χ4n) is 5.13. The molecular weight excluding hydrogens is 520 g/mol. The largest absolute Gasteiger partial charge is 0.496 e. The second-order valence-corrected chi connectivity index (χ2v) is 10.6. The van der Waals surface area contributed by atoms with Crippen molar-refractivity contribution in [2.24, 2.45) is 5.92 Å². The number of nitrogens with one attached hydrogen (secondary N) is 1. The molecule has 10 heteroatoms. The summed E-state index contributed by atoms with van der Waals surface area (Å²) >= 11 is 6.13. The van der Waals surface area contributed by atoms with Crippen molar-refractivity contribution in [1.82, 2.24) is 15.1 Å². The Labute approximate surface area is 235 Å². The van der Waals surface area contributed by atoms with Crippen LogP contribution in [0.1, 0.15) is 49.4 Å². The van der Waals surface area contributed by atoms with Gasteiger partial charge in [0.15, 0.2) is 12.3 Å². The summed E-state index contributed by atoms with van der Waals surface area (Å²) in [6.45, 7) is 5.40. The molecular formula is C29H39ClN4O5. The lowest BCUT2D eigenvalue weighted by atomic mass is 9.96. The second kappa shape index (κ2) is 13.8. The summed E-state index contributed by atoms with van der Waals surface area (Å²) < 4.78 is 17.6. The molecule has 0 aromatic heterocycles. The van der Waals surface area contributed by atoms with Crippen LogP contribution in [0.2, 0.25) is 5.02 Å². The summed E-state index contributed by atoms with van der Waals surface area (Å²) in [5, 5.41) is 3.33. The number of likely N-dealkylation sites (tertiary alicyclic amines) is 2. The van der Waals surface area contributed by atoms with E-state index >= 15 is 0 Å². The molecule has 212 valence electrons. The number of nitrogen functional groups attached to an aromatic ring is 1. The van der Waals surface area contributed by atoms with E-state index in [0.717, 1.165) is 64.0 Å². The number of carbonyl (C=O) groups is 2. The number of hydrogen-bond donors (Lipinski definition) is 2. The van der Waals surface area contributed by atoms with Crippen LogP contribution in [-0.4, -0.2) is 74.0 Å². The summed E-state index contributed by atoms with van der Waals surface area (Å²) in [6, 6.07) is 12.7. The molecule has 2 saturated heterocycles. The molecule has 2 heterocycles. The van der Waals surface area contributed by atoms with Gasteiger partial charge in [0.05, 0.1) is 23.4 Å². The minimum Gasteiger partial charge on any atom is -0.496 e. The Morgan fingerprint density at radius 1 is 1.08 bits per heavy atom. The van der Waals surface area contributed by atoms with E-state index in [0.29, 0.717) is 34.5 Å². The van der Waals surface area contributed by atoms with Gasteiger partial charge in [0.25, 0.3) is 5.91 Å². The third kappa shape index (κ3) is 7.70. The lowest BCUT2D eigenvalue weighted by Gasteiger charge is -2.40. The summed E-state index contributed by atoms with van der Waals surface area (Å²) in [7, 11) is 1.49. The van der Waals surface area contributed by atoms with E-state index in [1.54, 1.807) is 11.0 Å². The number of nitrogens with zero attached hydrogens (tertiary/aromatic N) is 2. The predicted molar refractivity (Wildman–Crippen MR) is 151 cm³/mol. The topological polar surface area (TPSA) is 106 Å². The van der Waals surface area contributed by atoms with E-state index in [9.17, 15) is 9.59 Å². The number of piperidine rings is 2. The first kappa shape index (κ1) is 28.8. The van der Waals surface area contributed by atoms with Crippen molar-refractivity contribution < 1.29 is 23.8 Å². The molecule has 0 aliphatic carbocycles. The van der Waals surface area contributed by atoms with Crippen LogP contribution < -0.4 is 20.5 Å². The fourth-order valence-corrected chi connectivity index (χ4v) is 5.30. The van der Waals surface area contributed by atoms with Crippen molar-refractivity contribution in [1.29, 1.82) is 0 Å². The molecule has 3 N–H and O–H groups in total. The standard InChI is InChI=1S/C29H39ClN4O5/c1-20(38-29(36)34-13-7-4-8-14-34)28(39-22-9-5-3-6-10-22)33-15-11-21(12-16-33)19-32-27(35)23-17-24(30)25(31)18-26(23)37-2/h3,5-6,9-10,17-18,20-21,28H,4,7-8,11-16,19,31H2,1-2H3,(H,32,35). The minimum atomic E-state index is -0.460. The Bertz CT molecular complexity index is 1100. The van der Waals surface area contributed by atoms with Crippen LogP contribution in [0.15, 0.2) is 42.5 Å². The Hall–Kier alpha value is -3.17. The molecule has 4 rings (SSSR count). The van der Waals surface area contributed by atoms with Gasteiger partial charge in [0, 0.05) is 38.8 Å². The zero-order valence-electron chi connectivity index (χ0n) is 22.7. The first-order valence-electron chi connectivity index (χ1n) is 13.7. The molecule has 0 saturated carbocycles. The number of ether oxygens (including phenoxy) is 3. The molecule has 0 spiro atoms. The average Bonchev–Trinajstić information content (AvgIpc) is 2.97. The van der Waals surface area contributed by atoms with Crippen molar-refractivity contribution in [3.05, 3.63) is 53.1 Å². The fraction of sp³-hybridized carbons (Fsp3) is 0.517. The van der Waals surface area contributed by atoms with Crippen molar-refractivity contribution >= 4 is 29.3 Å². The molecule has 39 heavy (non-hydrogen) atoms. The maximum Gasteiger partial charge on any atom is 0.410 e. The third-order valence-electron chi connectivity index (χ3n) is 7.43. The SMILES string of the molecule is COc1cc(N)c(Cl)cc1C(=O)NCC1CCN(C(Oc2ccccc2)C(C)OC(=O)N2CCCCC2)CC1. The smallest absolute Gasteiger partial charge is 0.410 e. The summed E-state index contributed by atoms with van der Waals surface area (Å²) in [5.41, 5.74) is 6.56. The first-order chi connectivity index (χ1) is 18.9. The van der Waals surface area contributed by atoms with E-state index in [4.69, 9.17) is 31.5 Å². The lowest BCUT2D eigenvalue weighted by molar-refractivity contribution is -0.0802. The normalized spacial score (nSPS) is 18.2. The van der Waals surface area contributed by atoms with Gasteiger partial charge in [-0.2, -0.15) is 0 Å². The number of amides is 2. The van der Waals surface area contributed by atoms with E-state index in [1.165, 1.54) is 13.2 Å². The molecule has 2 amide bonds. The summed E-state index contributed by atoms with van der Waals surface area (Å²) in [4.78, 5) is 29.7. The minimum absolute atomic E-state index is 0.250. The van der Waals surface area contributed by atoms with Crippen molar-refractivity contribution in [3.63, 3.8) is 0 Å². The van der Waals surface area contributed by atoms with E-state index in [-0.39, 0.29) is 12.0 Å². The number of anilines is 1. The van der Waals surface area contributed by atoms with Crippen LogP contribution in [0.3, 0.4) is 0 Å². The number of hydrogen-bond acceptors (Lipinski definition) is 7. The van der Waals surface area contributed by atoms with Gasteiger partial charge in [0.1, 0.15) is 11.5 Å². The first-order valence-corrected chi connectivity index (χ1v) is 14.1. The van der Waals surface area contributed by atoms with Crippen LogP contribution in [0.5, 0.6) is 11.5 Å². The van der Waals surface area contributed by atoms with Gasteiger partial charge in [0.2, 0.25) is 0 Å². The zero-order chi connectivity index (χ0) is 27.8. The molecule has 0 bridgehead atoms. The van der Waals surface area contributed by atoms with Crippen LogP contribution in [0, 0.1) is 5.92 Å². The zero-order valence-corrected chi connectivity index (χ0v) is 23.5. The van der Waals surface area contributed by atoms with Crippen molar-refractivity contribution in [2.75, 3.05) is 45.6 Å². The third-order valence-corrected chi connectivity index (χ3v) is 7.75. The number of nitrogens with two attached hydrogens (primary N) is 1. The number of para-hydroxylation sites is 1. The van der Waals surface area contributed by atoms with Crippen LogP contribution in [0.4, 0.5) is 10.5 Å². The maximum absolute atomic E-state index is 12.9. The van der Waals surface area contributed by atoms with Gasteiger partial charge in [-0.05, 0) is 63.1 Å². The molecule has 2 aliphatic heterocycles. The molecule has 2 unspecified atom stereocenters. The van der Waals surface area contributed by atoms with Gasteiger partial charge in [-0.25, -0.2) is 4.79 Å². The van der Waals surface area contributed by atoms with Gasteiger partial charge < -0.3 is 30.2 Å². The van der Waals surface area contributed by atoms with E-state index in [2.05, 4.69) is 10.2 Å². The van der Waals surface area contributed by atoms with Crippen molar-refractivity contribution in [2.45, 2.75) is 51.4 Å². The predicted octanol–water partition coefficient (Wildman–Crippen LogP) is 4.79. The van der Waals surface area contributed by atoms with Crippen LogP contribution in [-0.2, 0) is 4.74 Å². The molecule has 2 fully saturated rings. The van der Waals surface area contributed by atoms with Gasteiger partial charge >= 0.3 is 6.09 Å². The Morgan fingerprint density at radius 2 is 1.77 bits per heavy atom. The number of methoxy groups -OCH3 is 1. The van der Waals surface area contributed by atoms with E-state index < -0.39 is 12.3 Å². The molecule has 2 aromatic carbocycles. The highest BCUT2D eigenvalue weighted by atomic mass is 35.5. The quantitative estimate of drug-likeness (QED) is 0.426. The van der Waals surface area contributed by atoms with Crippen LogP contribution in [0.25, 0.3) is 0 Å². The highest BCUT2D eigenvalue weighted by Gasteiger charge is 2.34. The Morgan fingerprint density at radius 3 is 2.44 bits per heavy atom. The van der Waals surface area contributed by atoms with E-state index in [1.807, 2.05) is 37.3 Å². The number of carbonyl (C=O) groups excluding carboxylic acids is 2. The molecule has 0 radical (unpaired) electrons. The summed E-state index contributed by atoms with van der Waals surface area (Å²) in [5.74, 6) is 1.16. The monoisotopic (exact) mass is 558 g/mol. The average molecular weight is 559 g/mol. The number of halogens is 1. The van der Waals surface area contributed by atoms with Gasteiger partial charge in [-0.1, -0.05) is 29.8 Å². The van der Waals surface area contributed by atoms with Crippen LogP contribution >= 0.6 is 11.6 Å². The Balaban J connectivity index is 1.34. The second-order valence-electron chi connectivity index (χ2n) is 10.2. The Kier molecular flexibility index (Phi) is 10.2. The molecule has 2 aromatic rings.